The highest BCUT2D eigenvalue weighted by Gasteiger charge is 2.08. The third-order valence-electron chi connectivity index (χ3n) is 2.45. The van der Waals surface area contributed by atoms with Crippen molar-refractivity contribution in [2.75, 3.05) is 0 Å². The van der Waals surface area contributed by atoms with Crippen molar-refractivity contribution in [3.63, 3.8) is 0 Å². The Balaban J connectivity index is 2.66. The lowest BCUT2D eigenvalue weighted by atomic mass is 10.00. The minimum absolute atomic E-state index is 0.296. The first-order chi connectivity index (χ1) is 7.58. The van der Waals surface area contributed by atoms with Gasteiger partial charge in [-0.2, -0.15) is 0 Å². The number of hydrogen-bond donors (Lipinski definition) is 1. The number of rotatable bonds is 1. The van der Waals surface area contributed by atoms with Crippen LogP contribution in [0.1, 0.15) is 5.56 Å². The second kappa shape index (κ2) is 4.60. The molecule has 0 aliphatic carbocycles. The average Bonchev–Trinajstić information content (AvgIpc) is 2.25. The number of aromatic hydroxyl groups is 1. The van der Waals surface area contributed by atoms with Gasteiger partial charge in [-0.3, -0.25) is 0 Å². The van der Waals surface area contributed by atoms with E-state index in [-0.39, 0.29) is 0 Å². The molecule has 16 heavy (non-hydrogen) atoms. The highest BCUT2D eigenvalue weighted by atomic mass is 79.9. The Kier molecular flexibility index (Phi) is 3.36. The van der Waals surface area contributed by atoms with Crippen LogP contribution in [0.5, 0.6) is 5.75 Å². The number of benzene rings is 2. The van der Waals surface area contributed by atoms with Gasteiger partial charge < -0.3 is 5.11 Å². The first-order valence-electron chi connectivity index (χ1n) is 4.83. The lowest BCUT2D eigenvalue weighted by molar-refractivity contribution is 0.477. The van der Waals surface area contributed by atoms with Crippen LogP contribution in [0, 0.1) is 6.92 Å². The van der Waals surface area contributed by atoms with Crippen LogP contribution in [0.15, 0.2) is 45.3 Å². The van der Waals surface area contributed by atoms with Gasteiger partial charge in [-0.05, 0) is 48.4 Å². The number of hydrogen-bond acceptors (Lipinski definition) is 1. The van der Waals surface area contributed by atoms with E-state index in [9.17, 15) is 5.11 Å². The largest absolute Gasteiger partial charge is 0.507 e. The standard InChI is InChI=1S/C13H10Br2O/c1-8-2-3-9(14)6-11(8)12-7-10(15)4-5-13(12)16/h2-7,16H,1H3. The molecule has 2 aromatic carbocycles. The summed E-state index contributed by atoms with van der Waals surface area (Å²) in [5.74, 6) is 0.296. The van der Waals surface area contributed by atoms with Crippen molar-refractivity contribution in [3.8, 4) is 16.9 Å². The predicted octanol–water partition coefficient (Wildman–Crippen LogP) is 4.89. The Morgan fingerprint density at radius 3 is 2.12 bits per heavy atom. The third kappa shape index (κ3) is 2.30. The summed E-state index contributed by atoms with van der Waals surface area (Å²) in [5.41, 5.74) is 3.01. The van der Waals surface area contributed by atoms with Crippen LogP contribution in [0.3, 0.4) is 0 Å². The van der Waals surface area contributed by atoms with Gasteiger partial charge in [-0.1, -0.05) is 37.9 Å². The first-order valence-corrected chi connectivity index (χ1v) is 6.41. The van der Waals surface area contributed by atoms with Gasteiger partial charge in [0.05, 0.1) is 0 Å². The zero-order valence-corrected chi connectivity index (χ0v) is 11.8. The summed E-state index contributed by atoms with van der Waals surface area (Å²) in [5, 5.41) is 9.87. The molecule has 0 aliphatic rings. The molecule has 2 aromatic rings. The fourth-order valence-corrected chi connectivity index (χ4v) is 2.33. The zero-order chi connectivity index (χ0) is 11.7. The van der Waals surface area contributed by atoms with Crippen LogP contribution in [0.25, 0.3) is 11.1 Å². The van der Waals surface area contributed by atoms with Gasteiger partial charge in [0.25, 0.3) is 0 Å². The normalized spacial score (nSPS) is 10.4. The van der Waals surface area contributed by atoms with Crippen LogP contribution in [-0.4, -0.2) is 5.11 Å². The summed E-state index contributed by atoms with van der Waals surface area (Å²) < 4.78 is 1.96. The fourth-order valence-electron chi connectivity index (χ4n) is 1.61. The Morgan fingerprint density at radius 2 is 1.44 bits per heavy atom. The van der Waals surface area contributed by atoms with Crippen molar-refractivity contribution < 1.29 is 5.11 Å². The van der Waals surface area contributed by atoms with Crippen LogP contribution < -0.4 is 0 Å². The molecular formula is C13H10Br2O. The van der Waals surface area contributed by atoms with Crippen LogP contribution in [-0.2, 0) is 0 Å². The van der Waals surface area contributed by atoms with Crippen molar-refractivity contribution in [3.05, 3.63) is 50.9 Å². The van der Waals surface area contributed by atoms with E-state index in [4.69, 9.17) is 0 Å². The van der Waals surface area contributed by atoms with Crippen LogP contribution >= 0.6 is 31.9 Å². The van der Waals surface area contributed by atoms with E-state index in [1.165, 1.54) is 0 Å². The summed E-state index contributed by atoms with van der Waals surface area (Å²) in [4.78, 5) is 0. The summed E-state index contributed by atoms with van der Waals surface area (Å²) in [6.45, 7) is 2.03. The summed E-state index contributed by atoms with van der Waals surface area (Å²) >= 11 is 6.86. The molecule has 0 fully saturated rings. The Bertz CT molecular complexity index is 486. The minimum Gasteiger partial charge on any atom is -0.507 e. The van der Waals surface area contributed by atoms with Crippen molar-refractivity contribution >= 4 is 31.9 Å². The SMILES string of the molecule is Cc1ccc(Br)cc1-c1cc(Br)ccc1O. The molecule has 82 valence electrons. The second-order valence-corrected chi connectivity index (χ2v) is 5.45. The highest BCUT2D eigenvalue weighted by molar-refractivity contribution is 9.10. The maximum atomic E-state index is 9.87. The van der Waals surface area contributed by atoms with E-state index >= 15 is 0 Å². The fraction of sp³-hybridized carbons (Fsp3) is 0.0769. The Labute approximate surface area is 111 Å². The molecular weight excluding hydrogens is 332 g/mol. The van der Waals surface area contributed by atoms with E-state index in [1.54, 1.807) is 6.07 Å². The maximum absolute atomic E-state index is 9.87. The van der Waals surface area contributed by atoms with Gasteiger partial charge in [0, 0.05) is 14.5 Å². The molecule has 1 nitrogen and oxygen atoms in total. The second-order valence-electron chi connectivity index (χ2n) is 3.62. The van der Waals surface area contributed by atoms with E-state index < -0.39 is 0 Å². The molecule has 0 aromatic heterocycles. The lowest BCUT2D eigenvalue weighted by Gasteiger charge is -2.09. The van der Waals surface area contributed by atoms with Crippen LogP contribution in [0.2, 0.25) is 0 Å². The van der Waals surface area contributed by atoms with E-state index in [1.807, 2.05) is 37.3 Å². The Morgan fingerprint density at radius 1 is 0.875 bits per heavy atom. The van der Waals surface area contributed by atoms with Crippen molar-refractivity contribution in [1.29, 1.82) is 0 Å². The molecule has 0 spiro atoms. The number of aryl methyl sites for hydroxylation is 1. The van der Waals surface area contributed by atoms with Crippen molar-refractivity contribution in [2.24, 2.45) is 0 Å². The highest BCUT2D eigenvalue weighted by Crippen LogP contribution is 2.35. The number of phenolic OH excluding ortho intramolecular Hbond substituents is 1. The van der Waals surface area contributed by atoms with Gasteiger partial charge in [0.2, 0.25) is 0 Å². The van der Waals surface area contributed by atoms with Gasteiger partial charge in [-0.15, -0.1) is 0 Å². The monoisotopic (exact) mass is 340 g/mol. The van der Waals surface area contributed by atoms with Crippen molar-refractivity contribution in [1.82, 2.24) is 0 Å². The molecule has 1 N–H and O–H groups in total. The first kappa shape index (κ1) is 11.7. The minimum atomic E-state index is 0.296. The molecule has 0 saturated carbocycles. The quantitative estimate of drug-likeness (QED) is 0.782. The molecule has 0 heterocycles. The summed E-state index contributed by atoms with van der Waals surface area (Å²) in [6, 6.07) is 11.5. The van der Waals surface area contributed by atoms with Gasteiger partial charge >= 0.3 is 0 Å². The summed E-state index contributed by atoms with van der Waals surface area (Å²) in [6.07, 6.45) is 0. The molecule has 3 heteroatoms. The Hall–Kier alpha value is -0.800. The maximum Gasteiger partial charge on any atom is 0.123 e. The molecule has 0 aliphatic heterocycles. The topological polar surface area (TPSA) is 20.2 Å². The van der Waals surface area contributed by atoms with Gasteiger partial charge in [0.1, 0.15) is 5.75 Å². The molecule has 0 bridgehead atoms. The zero-order valence-electron chi connectivity index (χ0n) is 8.67. The van der Waals surface area contributed by atoms with E-state index in [0.29, 0.717) is 5.75 Å². The van der Waals surface area contributed by atoms with E-state index in [2.05, 4.69) is 31.9 Å². The predicted molar refractivity (Wildman–Crippen MR) is 73.7 cm³/mol. The molecule has 0 saturated heterocycles. The average molecular weight is 342 g/mol. The summed E-state index contributed by atoms with van der Waals surface area (Å²) in [7, 11) is 0. The van der Waals surface area contributed by atoms with Gasteiger partial charge in [0.15, 0.2) is 0 Å². The third-order valence-corrected chi connectivity index (χ3v) is 3.43. The molecule has 2 rings (SSSR count). The number of halogens is 2. The number of phenols is 1. The molecule has 0 amide bonds. The molecule has 0 atom stereocenters. The lowest BCUT2D eigenvalue weighted by Crippen LogP contribution is -1.84. The molecule has 0 unspecified atom stereocenters. The van der Waals surface area contributed by atoms with Crippen LogP contribution in [0.4, 0.5) is 0 Å². The van der Waals surface area contributed by atoms with Gasteiger partial charge in [-0.25, -0.2) is 0 Å². The van der Waals surface area contributed by atoms with E-state index in [0.717, 1.165) is 25.6 Å². The smallest absolute Gasteiger partial charge is 0.123 e. The molecule has 0 radical (unpaired) electrons. The van der Waals surface area contributed by atoms with Crippen molar-refractivity contribution in [2.45, 2.75) is 6.92 Å².